The van der Waals surface area contributed by atoms with E-state index in [1.165, 1.54) is 0 Å². The number of nitrogens with zero attached hydrogens (tertiary/aromatic N) is 1. The van der Waals surface area contributed by atoms with Gasteiger partial charge in [0, 0.05) is 23.0 Å². The van der Waals surface area contributed by atoms with Gasteiger partial charge in [0.15, 0.2) is 0 Å². The normalized spacial score (nSPS) is 21.5. The van der Waals surface area contributed by atoms with Gasteiger partial charge in [-0.1, -0.05) is 0 Å². The summed E-state index contributed by atoms with van der Waals surface area (Å²) in [6, 6.07) is 6.56. The molecule has 0 radical (unpaired) electrons. The van der Waals surface area contributed by atoms with E-state index in [0.717, 1.165) is 36.3 Å². The topological polar surface area (TPSA) is 54.0 Å². The Balaban J connectivity index is 1.72. The number of thiophene rings is 1. The maximum atomic E-state index is 12.5. The van der Waals surface area contributed by atoms with E-state index in [9.17, 15) is 4.79 Å². The van der Waals surface area contributed by atoms with Crippen molar-refractivity contribution in [1.82, 2.24) is 15.6 Å². The Morgan fingerprint density at radius 3 is 2.95 bits per heavy atom. The number of rotatable bonds is 3. The second-order valence-corrected chi connectivity index (χ2v) is 6.67. The zero-order valence-electron chi connectivity index (χ0n) is 12.9. The number of hydrogen-bond donors (Lipinski definition) is 2. The number of hydrogen-bond acceptors (Lipinski definition) is 4. The van der Waals surface area contributed by atoms with Gasteiger partial charge in [-0.15, -0.1) is 0 Å². The molecule has 5 heteroatoms. The molecule has 1 amide bonds. The molecule has 2 aromatic rings. The van der Waals surface area contributed by atoms with Crippen molar-refractivity contribution in [2.24, 2.45) is 0 Å². The van der Waals surface area contributed by atoms with Crippen molar-refractivity contribution in [1.29, 1.82) is 0 Å². The SMILES string of the molecule is Cc1nc(-c2ccsc2)ccc1C(=O)NC1CCNC(C)C1. The van der Waals surface area contributed by atoms with Crippen LogP contribution in [0.1, 0.15) is 35.8 Å². The summed E-state index contributed by atoms with van der Waals surface area (Å²) in [7, 11) is 0. The molecule has 1 aliphatic rings. The quantitative estimate of drug-likeness (QED) is 0.915. The number of pyridine rings is 1. The molecular weight excluding hydrogens is 294 g/mol. The highest BCUT2D eigenvalue weighted by Crippen LogP contribution is 2.21. The fourth-order valence-electron chi connectivity index (χ4n) is 2.90. The summed E-state index contributed by atoms with van der Waals surface area (Å²) in [5.74, 6) is -0.0130. The van der Waals surface area contributed by atoms with Crippen molar-refractivity contribution >= 4 is 17.2 Å². The van der Waals surface area contributed by atoms with Gasteiger partial charge in [0.05, 0.1) is 17.0 Å². The van der Waals surface area contributed by atoms with Gasteiger partial charge in [0.2, 0.25) is 0 Å². The maximum absolute atomic E-state index is 12.5. The van der Waals surface area contributed by atoms with Gasteiger partial charge >= 0.3 is 0 Å². The Labute approximate surface area is 135 Å². The van der Waals surface area contributed by atoms with Crippen LogP contribution in [-0.2, 0) is 0 Å². The Bertz CT molecular complexity index is 654. The summed E-state index contributed by atoms with van der Waals surface area (Å²) < 4.78 is 0. The Hall–Kier alpha value is -1.72. The summed E-state index contributed by atoms with van der Waals surface area (Å²) >= 11 is 1.65. The summed E-state index contributed by atoms with van der Waals surface area (Å²) in [5, 5.41) is 10.6. The van der Waals surface area contributed by atoms with Crippen molar-refractivity contribution in [3.05, 3.63) is 40.2 Å². The van der Waals surface area contributed by atoms with Crippen molar-refractivity contribution in [3.63, 3.8) is 0 Å². The minimum atomic E-state index is -0.0130. The molecule has 0 bridgehead atoms. The van der Waals surface area contributed by atoms with Gasteiger partial charge in [0.1, 0.15) is 0 Å². The lowest BCUT2D eigenvalue weighted by Crippen LogP contribution is -2.46. The summed E-state index contributed by atoms with van der Waals surface area (Å²) in [6.07, 6.45) is 1.96. The van der Waals surface area contributed by atoms with Gasteiger partial charge in [0.25, 0.3) is 5.91 Å². The number of carbonyl (C=O) groups excluding carboxylic acids is 1. The molecule has 1 fully saturated rings. The fourth-order valence-corrected chi connectivity index (χ4v) is 3.55. The average molecular weight is 315 g/mol. The van der Waals surface area contributed by atoms with E-state index in [0.29, 0.717) is 11.6 Å². The summed E-state index contributed by atoms with van der Waals surface area (Å²) in [5.41, 5.74) is 3.48. The third-order valence-electron chi connectivity index (χ3n) is 4.11. The molecule has 4 nitrogen and oxygen atoms in total. The molecule has 2 aromatic heterocycles. The molecule has 22 heavy (non-hydrogen) atoms. The number of piperidine rings is 1. The third kappa shape index (κ3) is 3.36. The molecule has 2 N–H and O–H groups in total. The standard InChI is InChI=1S/C17H21N3OS/c1-11-9-14(5-7-18-11)20-17(21)15-3-4-16(19-12(15)2)13-6-8-22-10-13/h3-4,6,8,10-11,14,18H,5,7,9H2,1-2H3,(H,20,21). The smallest absolute Gasteiger partial charge is 0.253 e. The van der Waals surface area contributed by atoms with Gasteiger partial charge in [-0.2, -0.15) is 11.3 Å². The largest absolute Gasteiger partial charge is 0.349 e. The lowest BCUT2D eigenvalue weighted by Gasteiger charge is -2.28. The van der Waals surface area contributed by atoms with Crippen LogP contribution in [0, 0.1) is 6.92 Å². The van der Waals surface area contributed by atoms with Gasteiger partial charge in [-0.25, -0.2) is 0 Å². The second kappa shape index (κ2) is 6.58. The lowest BCUT2D eigenvalue weighted by atomic mass is 10.00. The van der Waals surface area contributed by atoms with E-state index in [4.69, 9.17) is 0 Å². The van der Waals surface area contributed by atoms with E-state index >= 15 is 0 Å². The number of carbonyl (C=O) groups is 1. The molecule has 116 valence electrons. The average Bonchev–Trinajstić information content (AvgIpc) is 3.01. The van der Waals surface area contributed by atoms with Crippen molar-refractivity contribution < 1.29 is 4.79 Å². The first kappa shape index (κ1) is 15.2. The first-order valence-corrected chi connectivity index (χ1v) is 8.62. The van der Waals surface area contributed by atoms with Crippen LogP contribution < -0.4 is 10.6 Å². The van der Waals surface area contributed by atoms with Crippen LogP contribution in [0.5, 0.6) is 0 Å². The lowest BCUT2D eigenvalue weighted by molar-refractivity contribution is 0.0924. The van der Waals surface area contributed by atoms with E-state index in [-0.39, 0.29) is 11.9 Å². The van der Waals surface area contributed by atoms with Crippen LogP contribution >= 0.6 is 11.3 Å². The van der Waals surface area contributed by atoms with Crippen molar-refractivity contribution in [2.75, 3.05) is 6.54 Å². The highest BCUT2D eigenvalue weighted by atomic mass is 32.1. The van der Waals surface area contributed by atoms with E-state index in [1.54, 1.807) is 11.3 Å². The van der Waals surface area contributed by atoms with Gasteiger partial charge < -0.3 is 10.6 Å². The molecular formula is C17H21N3OS. The second-order valence-electron chi connectivity index (χ2n) is 5.89. The van der Waals surface area contributed by atoms with Gasteiger partial charge in [-0.05, 0) is 56.8 Å². The zero-order valence-corrected chi connectivity index (χ0v) is 13.7. The summed E-state index contributed by atoms with van der Waals surface area (Å²) in [6.45, 7) is 5.01. The molecule has 3 rings (SSSR count). The number of amides is 1. The van der Waals surface area contributed by atoms with Crippen LogP contribution in [-0.4, -0.2) is 29.5 Å². The minimum Gasteiger partial charge on any atom is -0.349 e. The molecule has 0 spiro atoms. The molecule has 1 saturated heterocycles. The van der Waals surface area contributed by atoms with Gasteiger partial charge in [-0.3, -0.25) is 9.78 Å². The highest BCUT2D eigenvalue weighted by Gasteiger charge is 2.21. The first-order valence-electron chi connectivity index (χ1n) is 7.68. The van der Waals surface area contributed by atoms with Crippen molar-refractivity contribution in [3.8, 4) is 11.3 Å². The van der Waals surface area contributed by atoms with Crippen LogP contribution in [0.15, 0.2) is 29.0 Å². The molecule has 0 saturated carbocycles. The van der Waals surface area contributed by atoms with Crippen LogP contribution in [0.3, 0.4) is 0 Å². The number of aryl methyl sites for hydroxylation is 1. The molecule has 2 atom stereocenters. The predicted molar refractivity (Wildman–Crippen MR) is 90.2 cm³/mol. The number of aromatic nitrogens is 1. The Kier molecular flexibility index (Phi) is 4.55. The van der Waals surface area contributed by atoms with Crippen LogP contribution in [0.25, 0.3) is 11.3 Å². The first-order chi connectivity index (χ1) is 10.6. The number of nitrogens with one attached hydrogen (secondary N) is 2. The van der Waals surface area contributed by atoms with E-state index in [2.05, 4.69) is 27.9 Å². The molecule has 1 aliphatic heterocycles. The van der Waals surface area contributed by atoms with E-state index < -0.39 is 0 Å². The predicted octanol–water partition coefficient (Wildman–Crippen LogP) is 2.99. The maximum Gasteiger partial charge on any atom is 0.253 e. The molecule has 0 aromatic carbocycles. The van der Waals surface area contributed by atoms with E-state index in [1.807, 2.05) is 30.5 Å². The summed E-state index contributed by atoms with van der Waals surface area (Å²) in [4.78, 5) is 17.0. The van der Waals surface area contributed by atoms with Crippen LogP contribution in [0.2, 0.25) is 0 Å². The minimum absolute atomic E-state index is 0.0130. The molecule has 0 aliphatic carbocycles. The Morgan fingerprint density at radius 2 is 2.27 bits per heavy atom. The highest BCUT2D eigenvalue weighted by molar-refractivity contribution is 7.08. The molecule has 2 unspecified atom stereocenters. The molecule has 3 heterocycles. The third-order valence-corrected chi connectivity index (χ3v) is 4.79. The Morgan fingerprint density at radius 1 is 1.41 bits per heavy atom. The monoisotopic (exact) mass is 315 g/mol. The zero-order chi connectivity index (χ0) is 15.5. The fraction of sp³-hybridized carbons (Fsp3) is 0.412. The van der Waals surface area contributed by atoms with Crippen molar-refractivity contribution in [2.45, 2.75) is 38.8 Å². The van der Waals surface area contributed by atoms with Crippen LogP contribution in [0.4, 0.5) is 0 Å².